The molecular formula is C17H24N2O5S. The minimum absolute atomic E-state index is 0. The van der Waals surface area contributed by atoms with E-state index in [1.54, 1.807) is 28.6 Å². The van der Waals surface area contributed by atoms with Gasteiger partial charge in [-0.05, 0) is 31.9 Å². The van der Waals surface area contributed by atoms with Crippen molar-refractivity contribution >= 4 is 25.3 Å². The number of hydrogen-bond acceptors (Lipinski definition) is 5. The maximum atomic E-state index is 12.6. The van der Waals surface area contributed by atoms with Gasteiger partial charge < -0.3 is 14.4 Å². The van der Waals surface area contributed by atoms with Crippen molar-refractivity contribution in [2.75, 3.05) is 13.2 Å². The van der Waals surface area contributed by atoms with Crippen molar-refractivity contribution in [3.8, 4) is 5.75 Å². The molecule has 1 fully saturated rings. The molecule has 2 aliphatic rings. The predicted molar refractivity (Wildman–Crippen MR) is 95.2 cm³/mol. The second-order valence-electron chi connectivity index (χ2n) is 6.28. The lowest BCUT2D eigenvalue weighted by molar-refractivity contribution is -0.136. The van der Waals surface area contributed by atoms with E-state index < -0.39 is 5.91 Å². The first-order valence-electron chi connectivity index (χ1n) is 8.19. The van der Waals surface area contributed by atoms with E-state index in [2.05, 4.69) is 0 Å². The van der Waals surface area contributed by atoms with E-state index in [4.69, 9.17) is 14.7 Å². The minimum atomic E-state index is -0.593. The fourth-order valence-electron chi connectivity index (χ4n) is 3.12. The van der Waals surface area contributed by atoms with E-state index >= 15 is 0 Å². The quantitative estimate of drug-likeness (QED) is 0.625. The first-order chi connectivity index (χ1) is 11.6. The predicted octanol–water partition coefficient (Wildman–Crippen LogP) is 1.60. The Bertz CT molecular complexity index is 633. The van der Waals surface area contributed by atoms with Crippen LogP contribution in [0.15, 0.2) is 18.2 Å². The number of carbonyl (C=O) groups excluding carboxylic acids is 2. The van der Waals surface area contributed by atoms with Gasteiger partial charge in [-0.2, -0.15) is 13.5 Å². The number of nitrogens with one attached hydrogen (secondary N) is 1. The van der Waals surface area contributed by atoms with Gasteiger partial charge in [0.15, 0.2) is 0 Å². The second kappa shape index (κ2) is 8.55. The lowest BCUT2D eigenvalue weighted by Crippen LogP contribution is -2.41. The molecule has 2 atom stereocenters. The fourth-order valence-corrected chi connectivity index (χ4v) is 3.12. The van der Waals surface area contributed by atoms with Crippen LogP contribution in [0.5, 0.6) is 5.75 Å². The molecule has 7 nitrogen and oxygen atoms in total. The Morgan fingerprint density at radius 2 is 2.20 bits per heavy atom. The summed E-state index contributed by atoms with van der Waals surface area (Å²) >= 11 is 0. The van der Waals surface area contributed by atoms with E-state index in [1.807, 2.05) is 6.92 Å². The smallest absolute Gasteiger partial charge is 0.274 e. The molecule has 2 amide bonds. The van der Waals surface area contributed by atoms with Gasteiger partial charge in [-0.1, -0.05) is 6.07 Å². The summed E-state index contributed by atoms with van der Waals surface area (Å²) in [4.78, 5) is 26.0. The minimum Gasteiger partial charge on any atom is -0.491 e. The largest absolute Gasteiger partial charge is 0.491 e. The van der Waals surface area contributed by atoms with Crippen molar-refractivity contribution in [3.63, 3.8) is 0 Å². The lowest BCUT2D eigenvalue weighted by atomic mass is 10.1. The van der Waals surface area contributed by atoms with Crippen LogP contribution in [0.25, 0.3) is 0 Å². The van der Waals surface area contributed by atoms with Gasteiger partial charge in [0.2, 0.25) is 5.91 Å². The molecule has 1 aromatic carbocycles. The summed E-state index contributed by atoms with van der Waals surface area (Å²) in [5.74, 6) is 0.0309. The molecule has 0 spiro atoms. The van der Waals surface area contributed by atoms with Crippen LogP contribution < -0.4 is 10.2 Å². The molecule has 1 aromatic rings. The fraction of sp³-hybridized carbons (Fsp3) is 0.529. The summed E-state index contributed by atoms with van der Waals surface area (Å²) < 4.78 is 11.3. The summed E-state index contributed by atoms with van der Waals surface area (Å²) in [6.07, 6.45) is 2.35. The molecule has 1 saturated heterocycles. The highest BCUT2D eigenvalue weighted by molar-refractivity contribution is 7.59. The highest BCUT2D eigenvalue weighted by Gasteiger charge is 2.29. The number of nitrogens with zero attached hydrogens (tertiary/aromatic N) is 1. The summed E-state index contributed by atoms with van der Waals surface area (Å²) in [7, 11) is 0. The third-order valence-electron chi connectivity index (χ3n) is 4.53. The Morgan fingerprint density at radius 3 is 2.88 bits per heavy atom. The number of hydrogen-bond donors (Lipinski definition) is 2. The zero-order valence-electron chi connectivity index (χ0n) is 14.2. The lowest BCUT2D eigenvalue weighted by Gasteiger charge is -2.27. The SMILES string of the molecule is C[C@H]1COc2cc(C(=O)NO)ccc2CN1C(=O)CC1CCCO1.S. The Balaban J connectivity index is 0.00000225. The van der Waals surface area contributed by atoms with E-state index in [-0.39, 0.29) is 31.5 Å². The van der Waals surface area contributed by atoms with Crippen molar-refractivity contribution in [2.24, 2.45) is 0 Å². The average Bonchev–Trinajstić information content (AvgIpc) is 3.03. The monoisotopic (exact) mass is 368 g/mol. The number of benzene rings is 1. The van der Waals surface area contributed by atoms with Crippen LogP contribution >= 0.6 is 13.5 Å². The van der Waals surface area contributed by atoms with Crippen LogP contribution in [0, 0.1) is 0 Å². The molecule has 8 heteroatoms. The van der Waals surface area contributed by atoms with Gasteiger partial charge in [-0.3, -0.25) is 14.8 Å². The van der Waals surface area contributed by atoms with Gasteiger partial charge in [0.25, 0.3) is 5.91 Å². The molecule has 0 radical (unpaired) electrons. The highest BCUT2D eigenvalue weighted by atomic mass is 32.1. The van der Waals surface area contributed by atoms with Crippen molar-refractivity contribution in [1.82, 2.24) is 10.4 Å². The number of hydroxylamine groups is 1. The van der Waals surface area contributed by atoms with Crippen LogP contribution in [0.2, 0.25) is 0 Å². The van der Waals surface area contributed by atoms with Gasteiger partial charge in [-0.25, -0.2) is 5.48 Å². The maximum absolute atomic E-state index is 12.6. The number of rotatable bonds is 3. The maximum Gasteiger partial charge on any atom is 0.274 e. The van der Waals surface area contributed by atoms with Crippen LogP contribution in [0.4, 0.5) is 0 Å². The van der Waals surface area contributed by atoms with Gasteiger partial charge in [0, 0.05) is 24.3 Å². The zero-order valence-corrected chi connectivity index (χ0v) is 15.2. The van der Waals surface area contributed by atoms with Crippen LogP contribution in [-0.4, -0.2) is 47.3 Å². The van der Waals surface area contributed by atoms with E-state index in [9.17, 15) is 9.59 Å². The molecule has 0 aromatic heterocycles. The molecule has 0 bridgehead atoms. The van der Waals surface area contributed by atoms with E-state index in [0.717, 1.165) is 25.0 Å². The molecular weight excluding hydrogens is 344 g/mol. The third kappa shape index (κ3) is 4.45. The van der Waals surface area contributed by atoms with Gasteiger partial charge >= 0.3 is 0 Å². The standard InChI is InChI=1S/C17H22N2O5.H2S/c1-11-10-24-15-7-12(17(21)18-22)4-5-13(15)9-19(11)16(20)8-14-3-2-6-23-14;/h4-5,7,11,14,22H,2-3,6,8-10H2,1H3,(H,18,21);1H2/t11-,14?;/m0./s1. The highest BCUT2D eigenvalue weighted by Crippen LogP contribution is 2.27. The molecule has 3 rings (SSSR count). The van der Waals surface area contributed by atoms with Gasteiger partial charge in [0.1, 0.15) is 12.4 Å². The molecule has 138 valence electrons. The van der Waals surface area contributed by atoms with Crippen molar-refractivity contribution < 1.29 is 24.3 Å². The Kier molecular flexibility index (Phi) is 6.69. The van der Waals surface area contributed by atoms with Crippen molar-refractivity contribution in [2.45, 2.75) is 44.9 Å². The molecule has 2 heterocycles. The van der Waals surface area contributed by atoms with Crippen LogP contribution in [0.3, 0.4) is 0 Å². The molecule has 1 unspecified atom stereocenters. The first-order valence-corrected chi connectivity index (χ1v) is 8.19. The normalized spacial score (nSPS) is 22.2. The van der Waals surface area contributed by atoms with Crippen molar-refractivity contribution in [1.29, 1.82) is 0 Å². The summed E-state index contributed by atoms with van der Waals surface area (Å²) in [5, 5.41) is 8.74. The number of fused-ring (bicyclic) bond motifs is 1. The summed E-state index contributed by atoms with van der Waals surface area (Å²) in [5.41, 5.74) is 2.76. The molecule has 0 aliphatic carbocycles. The zero-order chi connectivity index (χ0) is 17.1. The Hall–Kier alpha value is -1.77. The van der Waals surface area contributed by atoms with E-state index in [1.165, 1.54) is 0 Å². The molecule has 2 aliphatic heterocycles. The van der Waals surface area contributed by atoms with Gasteiger partial charge in [0.05, 0.1) is 18.6 Å². The summed E-state index contributed by atoms with van der Waals surface area (Å²) in [6, 6.07) is 4.87. The number of ether oxygens (including phenoxy) is 2. The Morgan fingerprint density at radius 1 is 1.40 bits per heavy atom. The third-order valence-corrected chi connectivity index (χ3v) is 4.53. The molecule has 25 heavy (non-hydrogen) atoms. The summed E-state index contributed by atoms with van der Waals surface area (Å²) in [6.45, 7) is 3.47. The molecule has 2 N–H and O–H groups in total. The van der Waals surface area contributed by atoms with E-state index in [0.29, 0.717) is 30.9 Å². The van der Waals surface area contributed by atoms with Crippen LogP contribution in [0.1, 0.15) is 42.1 Å². The van der Waals surface area contributed by atoms with Gasteiger partial charge in [-0.15, -0.1) is 0 Å². The number of carbonyl (C=O) groups is 2. The number of amides is 2. The van der Waals surface area contributed by atoms with Crippen molar-refractivity contribution in [3.05, 3.63) is 29.3 Å². The first kappa shape index (κ1) is 19.6. The molecule has 0 saturated carbocycles. The van der Waals surface area contributed by atoms with Crippen LogP contribution in [-0.2, 0) is 16.1 Å². The topological polar surface area (TPSA) is 88.1 Å². The Labute approximate surface area is 153 Å². The average molecular weight is 368 g/mol. The second-order valence-corrected chi connectivity index (χ2v) is 6.28.